The third-order valence-electron chi connectivity index (χ3n) is 3.98. The Morgan fingerprint density at radius 3 is 1.79 bits per heavy atom. The van der Waals surface area contributed by atoms with Crippen LogP contribution in [0.1, 0.15) is 98.3 Å². The summed E-state index contributed by atoms with van der Waals surface area (Å²) < 4.78 is 0. The highest BCUT2D eigenvalue weighted by Gasteiger charge is 2.07. The van der Waals surface area contributed by atoms with Crippen LogP contribution in [0.25, 0.3) is 0 Å². The lowest BCUT2D eigenvalue weighted by molar-refractivity contribution is 0.381. The summed E-state index contributed by atoms with van der Waals surface area (Å²) in [5.41, 5.74) is 0. The molecule has 0 heterocycles. The molecule has 1 N–H and O–H groups in total. The molecule has 1 atom stereocenters. The first-order valence-corrected chi connectivity index (χ1v) is 8.94. The smallest absolute Gasteiger partial charge is 0.00104 e. The monoisotopic (exact) mass is 269 g/mol. The molecule has 1 nitrogen and oxygen atoms in total. The molecule has 0 aromatic carbocycles. The summed E-state index contributed by atoms with van der Waals surface area (Å²) in [5.74, 6) is 0.910. The predicted molar refractivity (Wildman–Crippen MR) is 88.8 cm³/mol. The molecule has 0 radical (unpaired) electrons. The zero-order valence-corrected chi connectivity index (χ0v) is 14.1. The summed E-state index contributed by atoms with van der Waals surface area (Å²) in [4.78, 5) is 0. The third kappa shape index (κ3) is 14.2. The Morgan fingerprint density at radius 2 is 1.26 bits per heavy atom. The Morgan fingerprint density at radius 1 is 0.684 bits per heavy atom. The molecule has 0 bridgehead atoms. The molecule has 0 amide bonds. The number of nitrogens with one attached hydrogen (secondary N) is 1. The molecular formula is C18H39N. The summed E-state index contributed by atoms with van der Waals surface area (Å²) in [5, 5.41) is 3.61. The summed E-state index contributed by atoms with van der Waals surface area (Å²) in [6.07, 6.45) is 15.7. The van der Waals surface area contributed by atoms with Gasteiger partial charge in [0.25, 0.3) is 0 Å². The van der Waals surface area contributed by atoms with Gasteiger partial charge in [-0.15, -0.1) is 0 Å². The topological polar surface area (TPSA) is 12.0 Å². The minimum Gasteiger partial charge on any atom is -0.314 e. The molecule has 0 spiro atoms. The van der Waals surface area contributed by atoms with Crippen LogP contribution in [0.4, 0.5) is 0 Å². The van der Waals surface area contributed by atoms with Crippen molar-refractivity contribution < 1.29 is 0 Å². The molecule has 0 saturated carbocycles. The van der Waals surface area contributed by atoms with E-state index in [4.69, 9.17) is 0 Å². The minimum absolute atomic E-state index is 0.637. The lowest BCUT2D eigenvalue weighted by atomic mass is 9.95. The fourth-order valence-corrected chi connectivity index (χ4v) is 2.73. The molecule has 0 fully saturated rings. The largest absolute Gasteiger partial charge is 0.314 e. The average Bonchev–Trinajstić information content (AvgIpc) is 2.38. The fourth-order valence-electron chi connectivity index (χ4n) is 2.73. The van der Waals surface area contributed by atoms with Gasteiger partial charge < -0.3 is 5.32 Å². The van der Waals surface area contributed by atoms with Crippen molar-refractivity contribution in [3.05, 3.63) is 0 Å². The highest BCUT2D eigenvalue weighted by Crippen LogP contribution is 2.16. The van der Waals surface area contributed by atoms with Gasteiger partial charge in [-0.2, -0.15) is 0 Å². The number of unbranched alkanes of at least 4 members (excludes halogenated alkanes) is 7. The molecule has 1 heteroatoms. The molecule has 116 valence electrons. The van der Waals surface area contributed by atoms with E-state index >= 15 is 0 Å². The van der Waals surface area contributed by atoms with Crippen LogP contribution in [0, 0.1) is 5.92 Å². The maximum atomic E-state index is 3.61. The average molecular weight is 270 g/mol. The van der Waals surface area contributed by atoms with Gasteiger partial charge in [-0.25, -0.2) is 0 Å². The van der Waals surface area contributed by atoms with Crippen LogP contribution < -0.4 is 5.32 Å². The van der Waals surface area contributed by atoms with Gasteiger partial charge in [-0.05, 0) is 25.3 Å². The normalized spacial score (nSPS) is 13.1. The standard InChI is InChI=1S/C18H39N/c1-5-7-8-9-10-11-12-13-15-18(14-6-2)16-19-17(3)4/h17-19H,5-16H2,1-4H3. The van der Waals surface area contributed by atoms with Gasteiger partial charge in [0, 0.05) is 6.04 Å². The van der Waals surface area contributed by atoms with Crippen molar-refractivity contribution in [1.29, 1.82) is 0 Å². The van der Waals surface area contributed by atoms with E-state index in [9.17, 15) is 0 Å². The van der Waals surface area contributed by atoms with E-state index in [0.29, 0.717) is 6.04 Å². The molecular weight excluding hydrogens is 230 g/mol. The lowest BCUT2D eigenvalue weighted by Crippen LogP contribution is -2.29. The summed E-state index contributed by atoms with van der Waals surface area (Å²) in [6.45, 7) is 10.3. The van der Waals surface area contributed by atoms with Crippen LogP contribution in [0.15, 0.2) is 0 Å². The third-order valence-corrected chi connectivity index (χ3v) is 3.98. The van der Waals surface area contributed by atoms with E-state index in [-0.39, 0.29) is 0 Å². The van der Waals surface area contributed by atoms with Crippen molar-refractivity contribution in [3.63, 3.8) is 0 Å². The molecule has 0 rings (SSSR count). The number of hydrogen-bond donors (Lipinski definition) is 1. The quantitative estimate of drug-likeness (QED) is 0.385. The van der Waals surface area contributed by atoms with Crippen LogP contribution in [-0.2, 0) is 0 Å². The highest BCUT2D eigenvalue weighted by atomic mass is 14.9. The summed E-state index contributed by atoms with van der Waals surface area (Å²) in [7, 11) is 0. The van der Waals surface area contributed by atoms with Gasteiger partial charge in [-0.3, -0.25) is 0 Å². The molecule has 0 saturated heterocycles. The highest BCUT2D eigenvalue weighted by molar-refractivity contribution is 4.64. The van der Waals surface area contributed by atoms with Crippen molar-refractivity contribution in [2.75, 3.05) is 6.54 Å². The zero-order valence-electron chi connectivity index (χ0n) is 14.1. The molecule has 0 aliphatic heterocycles. The predicted octanol–water partition coefficient (Wildman–Crippen LogP) is 5.93. The number of rotatable bonds is 14. The van der Waals surface area contributed by atoms with E-state index in [1.165, 1.54) is 77.2 Å². The van der Waals surface area contributed by atoms with Crippen LogP contribution in [0.3, 0.4) is 0 Å². The van der Waals surface area contributed by atoms with Gasteiger partial charge in [0.1, 0.15) is 0 Å². The first-order valence-electron chi connectivity index (χ1n) is 8.94. The van der Waals surface area contributed by atoms with Crippen LogP contribution in [-0.4, -0.2) is 12.6 Å². The summed E-state index contributed by atoms with van der Waals surface area (Å²) >= 11 is 0. The van der Waals surface area contributed by atoms with Gasteiger partial charge in [0.2, 0.25) is 0 Å². The molecule has 19 heavy (non-hydrogen) atoms. The minimum atomic E-state index is 0.637. The maximum absolute atomic E-state index is 3.61. The molecule has 0 aliphatic rings. The Hall–Kier alpha value is -0.0400. The van der Waals surface area contributed by atoms with Crippen LogP contribution in [0.2, 0.25) is 0 Å². The summed E-state index contributed by atoms with van der Waals surface area (Å²) in [6, 6.07) is 0.637. The van der Waals surface area contributed by atoms with E-state index < -0.39 is 0 Å². The Bertz CT molecular complexity index is 165. The van der Waals surface area contributed by atoms with E-state index in [1.807, 2.05) is 0 Å². The Balaban J connectivity index is 3.42. The second-order valence-corrected chi connectivity index (χ2v) is 6.48. The SMILES string of the molecule is CCCCCCCCCCC(CCC)CNC(C)C. The first kappa shape index (κ1) is 19.0. The van der Waals surface area contributed by atoms with Crippen molar-refractivity contribution in [2.45, 2.75) is 104 Å². The number of hydrogen-bond acceptors (Lipinski definition) is 1. The van der Waals surface area contributed by atoms with Crippen molar-refractivity contribution in [3.8, 4) is 0 Å². The van der Waals surface area contributed by atoms with Crippen LogP contribution >= 0.6 is 0 Å². The molecule has 0 aliphatic carbocycles. The van der Waals surface area contributed by atoms with Crippen LogP contribution in [0.5, 0.6) is 0 Å². The fraction of sp³-hybridized carbons (Fsp3) is 1.00. The van der Waals surface area contributed by atoms with Gasteiger partial charge in [0.15, 0.2) is 0 Å². The first-order chi connectivity index (χ1) is 9.20. The lowest BCUT2D eigenvalue weighted by Gasteiger charge is -2.18. The van der Waals surface area contributed by atoms with Crippen molar-refractivity contribution in [2.24, 2.45) is 5.92 Å². The van der Waals surface area contributed by atoms with Crippen molar-refractivity contribution >= 4 is 0 Å². The van der Waals surface area contributed by atoms with Crippen molar-refractivity contribution in [1.82, 2.24) is 5.32 Å². The Labute approximate surface area is 122 Å². The van der Waals surface area contributed by atoms with Gasteiger partial charge >= 0.3 is 0 Å². The maximum Gasteiger partial charge on any atom is 0.00104 e. The molecule has 0 aromatic heterocycles. The van der Waals surface area contributed by atoms with Gasteiger partial charge in [0.05, 0.1) is 0 Å². The van der Waals surface area contributed by atoms with E-state index in [2.05, 4.69) is 33.0 Å². The zero-order chi connectivity index (χ0) is 14.3. The second-order valence-electron chi connectivity index (χ2n) is 6.48. The van der Waals surface area contributed by atoms with E-state index in [0.717, 1.165) is 5.92 Å². The Kier molecular flexibility index (Phi) is 14.3. The molecule has 1 unspecified atom stereocenters. The second kappa shape index (κ2) is 14.4. The van der Waals surface area contributed by atoms with E-state index in [1.54, 1.807) is 0 Å². The molecule has 0 aromatic rings. The van der Waals surface area contributed by atoms with Gasteiger partial charge in [-0.1, -0.05) is 85.5 Å².